The van der Waals surface area contributed by atoms with Crippen molar-refractivity contribution in [3.8, 4) is 5.69 Å². The van der Waals surface area contributed by atoms with Crippen LogP contribution >= 0.6 is 23.4 Å². The molecule has 2 aromatic heterocycles. The zero-order valence-corrected chi connectivity index (χ0v) is 19.8. The van der Waals surface area contributed by atoms with E-state index in [-0.39, 0.29) is 11.6 Å². The molecule has 9 nitrogen and oxygen atoms in total. The van der Waals surface area contributed by atoms with Crippen molar-refractivity contribution < 1.29 is 18.8 Å². The second-order valence-corrected chi connectivity index (χ2v) is 8.65. The van der Waals surface area contributed by atoms with Crippen molar-refractivity contribution >= 4 is 41.1 Å². The maximum absolute atomic E-state index is 12.9. The van der Waals surface area contributed by atoms with Crippen molar-refractivity contribution in [2.45, 2.75) is 25.1 Å². The van der Waals surface area contributed by atoms with Crippen molar-refractivity contribution in [1.82, 2.24) is 19.9 Å². The van der Waals surface area contributed by atoms with Gasteiger partial charge in [0.25, 0.3) is 5.91 Å². The predicted octanol–water partition coefficient (Wildman–Crippen LogP) is 4.54. The molecule has 0 radical (unpaired) electrons. The van der Waals surface area contributed by atoms with Crippen LogP contribution in [0.2, 0.25) is 5.02 Å². The number of nitrogens with zero attached hydrogens (tertiary/aromatic N) is 4. The fraction of sp³-hybridized carbons (Fsp3) is 0.174. The number of benzene rings is 2. The average Bonchev–Trinajstić information content (AvgIpc) is 3.47. The summed E-state index contributed by atoms with van der Waals surface area (Å²) in [4.78, 5) is 25.6. The molecule has 174 valence electrons. The highest BCUT2D eigenvalue weighted by atomic mass is 35.5. The molecular formula is C23H20ClN5O4S. The highest BCUT2D eigenvalue weighted by Crippen LogP contribution is 2.25. The van der Waals surface area contributed by atoms with Crippen molar-refractivity contribution in [3.05, 3.63) is 82.8 Å². The number of amides is 1. The molecule has 0 saturated carbocycles. The Morgan fingerprint density at radius 3 is 2.68 bits per heavy atom. The maximum atomic E-state index is 12.9. The summed E-state index contributed by atoms with van der Waals surface area (Å²) in [6, 6.07) is 15.9. The number of halogens is 1. The van der Waals surface area contributed by atoms with Gasteiger partial charge in [-0.3, -0.25) is 14.2 Å². The van der Waals surface area contributed by atoms with Crippen molar-refractivity contribution in [3.63, 3.8) is 0 Å². The quantitative estimate of drug-likeness (QED) is 0.279. The lowest BCUT2D eigenvalue weighted by atomic mass is 10.1. The molecule has 11 heteroatoms. The van der Waals surface area contributed by atoms with Crippen LogP contribution < -0.4 is 5.32 Å². The third kappa shape index (κ3) is 5.64. The lowest BCUT2D eigenvalue weighted by Crippen LogP contribution is -2.26. The third-order valence-corrected chi connectivity index (χ3v) is 6.06. The first-order chi connectivity index (χ1) is 16.4. The predicted molar refractivity (Wildman–Crippen MR) is 127 cm³/mol. The first-order valence-corrected chi connectivity index (χ1v) is 11.5. The summed E-state index contributed by atoms with van der Waals surface area (Å²) in [5.41, 5.74) is 2.24. The molecule has 0 spiro atoms. The molecule has 1 atom stereocenters. The molecule has 4 aromatic rings. The highest BCUT2D eigenvalue weighted by Gasteiger charge is 2.26. The van der Waals surface area contributed by atoms with E-state index in [2.05, 4.69) is 20.7 Å². The number of esters is 1. The molecule has 1 amide bonds. The van der Waals surface area contributed by atoms with Crippen LogP contribution in [0.25, 0.3) is 5.69 Å². The molecule has 0 fully saturated rings. The van der Waals surface area contributed by atoms with Gasteiger partial charge < -0.3 is 14.6 Å². The van der Waals surface area contributed by atoms with E-state index < -0.39 is 18.0 Å². The monoisotopic (exact) mass is 497 g/mol. The Balaban J connectivity index is 1.45. The molecule has 1 N–H and O–H groups in total. The smallest absolute Gasteiger partial charge is 0.317 e. The van der Waals surface area contributed by atoms with Crippen LogP contribution in [-0.4, -0.2) is 37.6 Å². The van der Waals surface area contributed by atoms with Crippen molar-refractivity contribution in [2.24, 2.45) is 0 Å². The SMILES string of the molecule is Cc1cc(NC(=O)C(OC(=O)CSc2nncn2-c2ccc(C)c(Cl)c2)c2ccccc2)no1. The molecule has 0 bridgehead atoms. The molecular weight excluding hydrogens is 478 g/mol. The Hall–Kier alpha value is -3.63. The molecule has 1 unspecified atom stereocenters. The minimum Gasteiger partial charge on any atom is -0.447 e. The Morgan fingerprint density at radius 2 is 1.97 bits per heavy atom. The molecule has 2 aromatic carbocycles. The summed E-state index contributed by atoms with van der Waals surface area (Å²) < 4.78 is 12.2. The number of thioether (sulfide) groups is 1. The summed E-state index contributed by atoms with van der Waals surface area (Å²) in [5, 5.41) is 15.5. The van der Waals surface area contributed by atoms with Gasteiger partial charge in [-0.1, -0.05) is 64.9 Å². The van der Waals surface area contributed by atoms with E-state index >= 15 is 0 Å². The van der Waals surface area contributed by atoms with Crippen LogP contribution in [0.3, 0.4) is 0 Å². The Morgan fingerprint density at radius 1 is 1.18 bits per heavy atom. The first-order valence-electron chi connectivity index (χ1n) is 10.2. The number of carbonyl (C=O) groups excluding carboxylic acids is 2. The largest absolute Gasteiger partial charge is 0.447 e. The highest BCUT2D eigenvalue weighted by molar-refractivity contribution is 7.99. The topological polar surface area (TPSA) is 112 Å². The van der Waals surface area contributed by atoms with E-state index in [1.54, 1.807) is 54.0 Å². The van der Waals surface area contributed by atoms with Gasteiger partial charge in [-0.15, -0.1) is 10.2 Å². The number of anilines is 1. The molecule has 2 heterocycles. The summed E-state index contributed by atoms with van der Waals surface area (Å²) in [6.07, 6.45) is 0.370. The zero-order valence-electron chi connectivity index (χ0n) is 18.3. The minimum absolute atomic E-state index is 0.0853. The lowest BCUT2D eigenvalue weighted by molar-refractivity contribution is -0.152. The number of hydrogen-bond donors (Lipinski definition) is 1. The van der Waals surface area contributed by atoms with Crippen LogP contribution in [0, 0.1) is 13.8 Å². The van der Waals surface area contributed by atoms with Crippen LogP contribution in [0.5, 0.6) is 0 Å². The average molecular weight is 498 g/mol. The third-order valence-electron chi connectivity index (χ3n) is 4.74. The Labute approximate surface area is 204 Å². The van der Waals surface area contributed by atoms with Crippen LogP contribution in [0.15, 0.2) is 70.6 Å². The van der Waals surface area contributed by atoms with Gasteiger partial charge >= 0.3 is 5.97 Å². The summed E-state index contributed by atoms with van der Waals surface area (Å²) >= 11 is 7.37. The van der Waals surface area contributed by atoms with Crippen molar-refractivity contribution in [1.29, 1.82) is 0 Å². The molecule has 4 rings (SSSR count). The van der Waals surface area contributed by atoms with Gasteiger partial charge in [0.2, 0.25) is 6.10 Å². The maximum Gasteiger partial charge on any atom is 0.317 e. The number of rotatable bonds is 8. The first kappa shape index (κ1) is 23.5. The fourth-order valence-corrected chi connectivity index (χ4v) is 3.92. The Bertz CT molecular complexity index is 1310. The van der Waals surface area contributed by atoms with E-state index in [1.807, 2.05) is 19.1 Å². The number of ether oxygens (including phenoxy) is 1. The molecule has 0 saturated heterocycles. The number of nitrogens with one attached hydrogen (secondary N) is 1. The van der Waals surface area contributed by atoms with Gasteiger partial charge in [-0.2, -0.15) is 0 Å². The molecule has 34 heavy (non-hydrogen) atoms. The molecule has 0 aliphatic carbocycles. The van der Waals surface area contributed by atoms with Crippen molar-refractivity contribution in [2.75, 3.05) is 11.1 Å². The fourth-order valence-electron chi connectivity index (χ4n) is 3.04. The van der Waals surface area contributed by atoms with E-state index in [4.69, 9.17) is 20.9 Å². The van der Waals surface area contributed by atoms with Crippen LogP contribution in [0.1, 0.15) is 23.0 Å². The van der Waals surface area contributed by atoms with Gasteiger partial charge in [-0.25, -0.2) is 0 Å². The van der Waals surface area contributed by atoms with Crippen LogP contribution in [0.4, 0.5) is 5.82 Å². The molecule has 0 aliphatic rings. The van der Waals surface area contributed by atoms with Gasteiger partial charge in [0.15, 0.2) is 11.0 Å². The summed E-state index contributed by atoms with van der Waals surface area (Å²) in [5.74, 6) is -0.451. The minimum atomic E-state index is -1.17. The second kappa shape index (κ2) is 10.5. The standard InChI is InChI=1S/C23H20ClN5O4S/c1-14-8-9-17(11-18(14)24)29-13-25-27-23(29)34-12-20(30)32-21(16-6-4-3-5-7-16)22(31)26-19-10-15(2)33-28-19/h3-11,13,21H,12H2,1-2H3,(H,26,28,31). The van der Waals surface area contributed by atoms with Gasteiger partial charge in [0.05, 0.1) is 11.4 Å². The number of hydrogen-bond acceptors (Lipinski definition) is 8. The van der Waals surface area contributed by atoms with E-state index in [0.29, 0.717) is 21.5 Å². The lowest BCUT2D eigenvalue weighted by Gasteiger charge is -2.17. The summed E-state index contributed by atoms with van der Waals surface area (Å²) in [6.45, 7) is 3.62. The van der Waals surface area contributed by atoms with Crippen LogP contribution in [-0.2, 0) is 14.3 Å². The van der Waals surface area contributed by atoms with E-state index in [0.717, 1.165) is 23.0 Å². The van der Waals surface area contributed by atoms with E-state index in [1.165, 1.54) is 6.33 Å². The number of carbonyl (C=O) groups is 2. The van der Waals surface area contributed by atoms with Gasteiger partial charge in [0, 0.05) is 16.7 Å². The Kier molecular flexibility index (Phi) is 7.29. The van der Waals surface area contributed by atoms with E-state index in [9.17, 15) is 9.59 Å². The number of aromatic nitrogens is 4. The number of aryl methyl sites for hydroxylation is 2. The second-order valence-electron chi connectivity index (χ2n) is 7.30. The zero-order chi connectivity index (χ0) is 24.1. The normalized spacial score (nSPS) is 11.7. The summed E-state index contributed by atoms with van der Waals surface area (Å²) in [7, 11) is 0. The van der Waals surface area contributed by atoms with Gasteiger partial charge in [0.1, 0.15) is 12.1 Å². The molecule has 0 aliphatic heterocycles. The van der Waals surface area contributed by atoms with Gasteiger partial charge in [-0.05, 0) is 31.5 Å².